The molecule has 1 aliphatic rings. The molecule has 1 saturated carbocycles. The van der Waals surface area contributed by atoms with Gasteiger partial charge in [-0.3, -0.25) is 0 Å². The molecule has 123 valence electrons. The second kappa shape index (κ2) is 6.42. The highest BCUT2D eigenvalue weighted by molar-refractivity contribution is 6.33. The van der Waals surface area contributed by atoms with Crippen molar-refractivity contribution in [3.63, 3.8) is 0 Å². The van der Waals surface area contributed by atoms with Crippen molar-refractivity contribution in [1.82, 2.24) is 15.0 Å². The summed E-state index contributed by atoms with van der Waals surface area (Å²) in [4.78, 5) is 11.9. The van der Waals surface area contributed by atoms with Gasteiger partial charge in [0.15, 0.2) is 0 Å². The summed E-state index contributed by atoms with van der Waals surface area (Å²) in [5, 5.41) is 5.07. The number of H-pyrrole nitrogens is 1. The lowest BCUT2D eigenvalue weighted by Crippen LogP contribution is -2.33. The number of hydrogen-bond donors (Lipinski definition) is 3. The average molecular weight is 341 g/mol. The third-order valence-electron chi connectivity index (χ3n) is 4.61. The van der Waals surface area contributed by atoms with Crippen molar-refractivity contribution >= 4 is 28.5 Å². The van der Waals surface area contributed by atoms with Gasteiger partial charge in [-0.2, -0.15) is 0 Å². The maximum atomic E-state index is 6.37. The van der Waals surface area contributed by atoms with Gasteiger partial charge in [-0.25, -0.2) is 9.97 Å². The fraction of sp³-hybridized carbons (Fsp3) is 0.333. The zero-order valence-corrected chi connectivity index (χ0v) is 14.0. The molecule has 6 heteroatoms. The molecule has 0 atom stereocenters. The SMILES string of the molecule is N[C@H]1CC[C@H](Nc2cc(-c3cnc4[nH]c[c]c4c3)c(Cl)cn2)CC1. The minimum atomic E-state index is 0.340. The van der Waals surface area contributed by atoms with Crippen LogP contribution >= 0.6 is 11.6 Å². The number of nitrogens with one attached hydrogen (secondary N) is 2. The van der Waals surface area contributed by atoms with E-state index in [2.05, 4.69) is 26.3 Å². The number of anilines is 1. The maximum absolute atomic E-state index is 6.37. The van der Waals surface area contributed by atoms with Crippen LogP contribution in [0.5, 0.6) is 0 Å². The van der Waals surface area contributed by atoms with Gasteiger partial charge in [0.05, 0.1) is 5.02 Å². The van der Waals surface area contributed by atoms with E-state index in [1.807, 2.05) is 18.3 Å². The highest BCUT2D eigenvalue weighted by Gasteiger charge is 2.19. The number of nitrogens with two attached hydrogens (primary N) is 1. The van der Waals surface area contributed by atoms with Crippen molar-refractivity contribution in [1.29, 1.82) is 0 Å². The Bertz CT molecular complexity index is 851. The summed E-state index contributed by atoms with van der Waals surface area (Å²) in [5.74, 6) is 0.841. The second-order valence-electron chi connectivity index (χ2n) is 6.36. The van der Waals surface area contributed by atoms with Gasteiger partial charge < -0.3 is 16.0 Å². The summed E-state index contributed by atoms with van der Waals surface area (Å²) in [6, 6.07) is 7.91. The molecule has 1 radical (unpaired) electrons. The van der Waals surface area contributed by atoms with E-state index in [0.29, 0.717) is 17.1 Å². The number of aromatic nitrogens is 3. The number of nitrogens with zero attached hydrogens (tertiary/aromatic N) is 2. The summed E-state index contributed by atoms with van der Waals surface area (Å²) in [6.07, 6.45) is 9.54. The van der Waals surface area contributed by atoms with Crippen LogP contribution in [0, 0.1) is 6.07 Å². The molecule has 4 N–H and O–H groups in total. The van der Waals surface area contributed by atoms with Crippen LogP contribution in [0.25, 0.3) is 22.2 Å². The highest BCUT2D eigenvalue weighted by Crippen LogP contribution is 2.31. The molecule has 0 aromatic carbocycles. The van der Waals surface area contributed by atoms with Gasteiger partial charge in [0, 0.05) is 53.3 Å². The molecule has 4 rings (SSSR count). The molecule has 1 aliphatic carbocycles. The predicted octanol–water partition coefficient (Wildman–Crippen LogP) is 3.76. The van der Waals surface area contributed by atoms with Crippen LogP contribution < -0.4 is 11.1 Å². The Morgan fingerprint density at radius 3 is 2.83 bits per heavy atom. The van der Waals surface area contributed by atoms with Crippen LogP contribution in [-0.4, -0.2) is 27.0 Å². The van der Waals surface area contributed by atoms with Crippen LogP contribution in [0.1, 0.15) is 25.7 Å². The number of hydrogen-bond acceptors (Lipinski definition) is 4. The molecule has 5 nitrogen and oxygen atoms in total. The van der Waals surface area contributed by atoms with Crippen molar-refractivity contribution in [3.05, 3.63) is 41.8 Å². The number of rotatable bonds is 3. The van der Waals surface area contributed by atoms with E-state index in [1.165, 1.54) is 0 Å². The molecule has 0 spiro atoms. The summed E-state index contributed by atoms with van der Waals surface area (Å²) in [6.45, 7) is 0. The normalized spacial score (nSPS) is 21.1. The minimum Gasteiger partial charge on any atom is -0.367 e. The Morgan fingerprint density at radius 1 is 1.17 bits per heavy atom. The molecule has 0 amide bonds. The summed E-state index contributed by atoms with van der Waals surface area (Å²) in [5.41, 5.74) is 8.67. The van der Waals surface area contributed by atoms with Crippen molar-refractivity contribution in [3.8, 4) is 11.1 Å². The van der Waals surface area contributed by atoms with Gasteiger partial charge in [-0.05, 0) is 37.8 Å². The number of fused-ring (bicyclic) bond motifs is 1. The van der Waals surface area contributed by atoms with Crippen LogP contribution in [-0.2, 0) is 0 Å². The fourth-order valence-corrected chi connectivity index (χ4v) is 3.44. The second-order valence-corrected chi connectivity index (χ2v) is 6.77. The van der Waals surface area contributed by atoms with Crippen LogP contribution in [0.4, 0.5) is 5.82 Å². The average Bonchev–Trinajstić information content (AvgIpc) is 3.06. The van der Waals surface area contributed by atoms with Crippen molar-refractivity contribution < 1.29 is 0 Å². The zero-order valence-electron chi connectivity index (χ0n) is 13.2. The van der Waals surface area contributed by atoms with Gasteiger partial charge >= 0.3 is 0 Å². The summed E-state index contributed by atoms with van der Waals surface area (Å²) in [7, 11) is 0. The first-order valence-corrected chi connectivity index (χ1v) is 8.59. The lowest BCUT2D eigenvalue weighted by Gasteiger charge is -2.27. The van der Waals surface area contributed by atoms with E-state index in [9.17, 15) is 0 Å². The molecule has 3 heterocycles. The Kier molecular flexibility index (Phi) is 4.12. The van der Waals surface area contributed by atoms with Crippen molar-refractivity contribution in [2.45, 2.75) is 37.8 Å². The number of halogens is 1. The standard InChI is InChI=1S/C18H19ClN5/c19-16-10-22-17(24-14-3-1-13(20)2-4-14)8-15(16)12-7-11-5-6-21-18(11)23-9-12/h6-10,13-14H,1-4,20H2,(H,21,23)(H,22,24)/t13-,14-. The maximum Gasteiger partial charge on any atom is 0.137 e. The predicted molar refractivity (Wildman–Crippen MR) is 97.0 cm³/mol. The number of aromatic amines is 1. The van der Waals surface area contributed by atoms with Gasteiger partial charge in [0.2, 0.25) is 0 Å². The largest absolute Gasteiger partial charge is 0.367 e. The molecule has 3 aromatic heterocycles. The molecule has 24 heavy (non-hydrogen) atoms. The molecule has 0 aliphatic heterocycles. The summed E-state index contributed by atoms with van der Waals surface area (Å²) < 4.78 is 0. The summed E-state index contributed by atoms with van der Waals surface area (Å²) >= 11 is 6.37. The first-order chi connectivity index (χ1) is 11.7. The van der Waals surface area contributed by atoms with E-state index in [0.717, 1.165) is 53.7 Å². The first-order valence-electron chi connectivity index (χ1n) is 8.22. The monoisotopic (exact) mass is 340 g/mol. The Hall–Kier alpha value is -2.11. The van der Waals surface area contributed by atoms with Gasteiger partial charge in [0.25, 0.3) is 0 Å². The molecule has 3 aromatic rings. The molecule has 1 fully saturated rings. The van der Waals surface area contributed by atoms with E-state index in [-0.39, 0.29) is 0 Å². The number of pyridine rings is 2. The fourth-order valence-electron chi connectivity index (χ4n) is 3.23. The highest BCUT2D eigenvalue weighted by atomic mass is 35.5. The molecular weight excluding hydrogens is 322 g/mol. The molecular formula is C18H19ClN5. The Balaban J connectivity index is 1.61. The first kappa shape index (κ1) is 15.4. The molecule has 0 unspecified atom stereocenters. The molecule has 0 saturated heterocycles. The third-order valence-corrected chi connectivity index (χ3v) is 4.92. The third kappa shape index (κ3) is 3.09. The quantitative estimate of drug-likeness (QED) is 0.678. The van der Waals surface area contributed by atoms with Crippen molar-refractivity contribution in [2.24, 2.45) is 5.73 Å². The Labute approximate surface area is 145 Å². The van der Waals surface area contributed by atoms with E-state index in [4.69, 9.17) is 17.3 Å². The van der Waals surface area contributed by atoms with Gasteiger partial charge in [0.1, 0.15) is 11.5 Å². The zero-order chi connectivity index (χ0) is 16.5. The van der Waals surface area contributed by atoms with E-state index < -0.39 is 0 Å². The van der Waals surface area contributed by atoms with Crippen LogP contribution in [0.3, 0.4) is 0 Å². The van der Waals surface area contributed by atoms with E-state index in [1.54, 1.807) is 12.4 Å². The molecule has 0 bridgehead atoms. The topological polar surface area (TPSA) is 79.6 Å². The van der Waals surface area contributed by atoms with Crippen LogP contribution in [0.15, 0.2) is 30.7 Å². The lowest BCUT2D eigenvalue weighted by atomic mass is 9.92. The van der Waals surface area contributed by atoms with Crippen LogP contribution in [0.2, 0.25) is 5.02 Å². The van der Waals surface area contributed by atoms with E-state index >= 15 is 0 Å². The van der Waals surface area contributed by atoms with Gasteiger partial charge in [-0.15, -0.1) is 0 Å². The van der Waals surface area contributed by atoms with Crippen molar-refractivity contribution in [2.75, 3.05) is 5.32 Å². The smallest absolute Gasteiger partial charge is 0.137 e. The van der Waals surface area contributed by atoms with Gasteiger partial charge in [-0.1, -0.05) is 11.6 Å². The lowest BCUT2D eigenvalue weighted by molar-refractivity contribution is 0.410. The minimum absolute atomic E-state index is 0.340. The Morgan fingerprint density at radius 2 is 2.00 bits per heavy atom.